The molecule has 1 aromatic carbocycles. The van der Waals surface area contributed by atoms with E-state index in [9.17, 15) is 0 Å². The fourth-order valence-corrected chi connectivity index (χ4v) is 4.64. The van der Waals surface area contributed by atoms with Crippen LogP contribution in [0.1, 0.15) is 25.8 Å². The van der Waals surface area contributed by atoms with E-state index in [2.05, 4.69) is 21.0 Å². The van der Waals surface area contributed by atoms with Crippen LogP contribution in [0.2, 0.25) is 0 Å². The highest BCUT2D eigenvalue weighted by molar-refractivity contribution is 5.86. The number of nitrogens with two attached hydrogens (primary N) is 1. The third kappa shape index (κ3) is 3.42. The van der Waals surface area contributed by atoms with Crippen LogP contribution in [0.25, 0.3) is 21.9 Å². The molecule has 10 heteroatoms. The first-order valence-electron chi connectivity index (χ1n) is 10.9. The summed E-state index contributed by atoms with van der Waals surface area (Å²) in [5.74, 6) is 0.281. The van der Waals surface area contributed by atoms with Gasteiger partial charge in [0.25, 0.3) is 0 Å². The summed E-state index contributed by atoms with van der Waals surface area (Å²) >= 11 is 0. The Labute approximate surface area is 194 Å². The molecule has 5 heterocycles. The highest BCUT2D eigenvalue weighted by atomic mass is 16.8. The van der Waals surface area contributed by atoms with Gasteiger partial charge < -0.3 is 29.2 Å². The maximum Gasteiger partial charge on any atom is 0.164 e. The van der Waals surface area contributed by atoms with Crippen LogP contribution in [0, 0.1) is 11.3 Å². The third-order valence-corrected chi connectivity index (χ3v) is 6.13. The van der Waals surface area contributed by atoms with Crippen LogP contribution in [0.3, 0.4) is 0 Å². The van der Waals surface area contributed by atoms with Crippen molar-refractivity contribution in [2.45, 2.75) is 44.2 Å². The van der Waals surface area contributed by atoms with E-state index in [-0.39, 0.29) is 24.9 Å². The van der Waals surface area contributed by atoms with Gasteiger partial charge in [0.15, 0.2) is 12.0 Å². The standard InChI is InChI=1S/C24H22N6O4/c1-24(2)33-19-18(11-31-15-6-4-13-3-5-14(10-25)29-17(13)9-15)32-23(20(19)34-24)30-8-7-16-21(26)27-12-28-22(16)30/h3-9,12,18-20,23H,11H2,1-2H3,(H2,26,27,28)/t18-,19-,20-,23-/m1/s1. The van der Waals surface area contributed by atoms with Gasteiger partial charge in [-0.1, -0.05) is 0 Å². The van der Waals surface area contributed by atoms with Gasteiger partial charge >= 0.3 is 0 Å². The molecule has 2 aliphatic heterocycles. The third-order valence-electron chi connectivity index (χ3n) is 6.13. The van der Waals surface area contributed by atoms with Gasteiger partial charge in [-0.25, -0.2) is 15.0 Å². The number of hydrogen-bond acceptors (Lipinski definition) is 9. The molecule has 2 N–H and O–H groups in total. The van der Waals surface area contributed by atoms with Crippen molar-refractivity contribution >= 4 is 27.8 Å². The second-order valence-corrected chi connectivity index (χ2v) is 8.82. The van der Waals surface area contributed by atoms with Gasteiger partial charge in [-0.05, 0) is 44.2 Å². The number of nitrogen functional groups attached to an aromatic ring is 1. The number of aromatic nitrogens is 4. The summed E-state index contributed by atoms with van der Waals surface area (Å²) in [7, 11) is 0. The van der Waals surface area contributed by atoms with Crippen molar-refractivity contribution in [3.63, 3.8) is 0 Å². The molecule has 172 valence electrons. The number of nitrogens with zero attached hydrogens (tertiary/aromatic N) is 5. The monoisotopic (exact) mass is 458 g/mol. The Bertz CT molecular complexity index is 1440. The number of anilines is 1. The second kappa shape index (κ2) is 7.63. The second-order valence-electron chi connectivity index (χ2n) is 8.82. The van der Waals surface area contributed by atoms with E-state index in [0.29, 0.717) is 28.4 Å². The van der Waals surface area contributed by atoms with Gasteiger partial charge in [0.2, 0.25) is 0 Å². The van der Waals surface area contributed by atoms with Crippen molar-refractivity contribution in [2.24, 2.45) is 0 Å². The number of benzene rings is 1. The maximum atomic E-state index is 9.12. The molecule has 0 spiro atoms. The van der Waals surface area contributed by atoms with Gasteiger partial charge in [-0.2, -0.15) is 5.26 Å². The van der Waals surface area contributed by atoms with E-state index in [1.807, 2.05) is 54.9 Å². The minimum atomic E-state index is -0.757. The molecule has 3 aromatic heterocycles. The van der Waals surface area contributed by atoms with Crippen LogP contribution < -0.4 is 10.5 Å². The lowest BCUT2D eigenvalue weighted by Crippen LogP contribution is -2.33. The predicted molar refractivity (Wildman–Crippen MR) is 122 cm³/mol. The first-order chi connectivity index (χ1) is 16.4. The first kappa shape index (κ1) is 20.8. The summed E-state index contributed by atoms with van der Waals surface area (Å²) in [5, 5.41) is 10.8. The zero-order valence-corrected chi connectivity index (χ0v) is 18.6. The number of rotatable bonds is 4. The predicted octanol–water partition coefficient (Wildman–Crippen LogP) is 2.93. The van der Waals surface area contributed by atoms with Gasteiger partial charge in [0, 0.05) is 17.6 Å². The van der Waals surface area contributed by atoms with E-state index in [1.165, 1.54) is 6.33 Å². The quantitative estimate of drug-likeness (QED) is 0.490. The van der Waals surface area contributed by atoms with Crippen LogP contribution in [0.4, 0.5) is 5.82 Å². The molecule has 2 aliphatic rings. The Hall–Kier alpha value is -3.78. The Balaban J connectivity index is 1.27. The van der Waals surface area contributed by atoms with Crippen molar-refractivity contribution in [1.29, 1.82) is 5.26 Å². The Kier molecular flexibility index (Phi) is 4.67. The molecule has 2 saturated heterocycles. The normalized spacial score (nSPS) is 25.4. The molecule has 4 aromatic rings. The highest BCUT2D eigenvalue weighted by Crippen LogP contribution is 2.44. The summed E-state index contributed by atoms with van der Waals surface area (Å²) in [6.07, 6.45) is 1.76. The molecule has 0 unspecified atom stereocenters. The Morgan fingerprint density at radius 1 is 1.15 bits per heavy atom. The number of fused-ring (bicyclic) bond motifs is 3. The summed E-state index contributed by atoms with van der Waals surface area (Å²) in [6, 6.07) is 13.1. The fraction of sp³-hybridized carbons (Fsp3) is 0.333. The molecule has 2 fully saturated rings. The van der Waals surface area contributed by atoms with Crippen LogP contribution in [0.5, 0.6) is 5.75 Å². The number of pyridine rings is 1. The van der Waals surface area contributed by atoms with Crippen molar-refractivity contribution in [1.82, 2.24) is 19.5 Å². The van der Waals surface area contributed by atoms with Crippen LogP contribution >= 0.6 is 0 Å². The summed E-state index contributed by atoms with van der Waals surface area (Å²) in [6.45, 7) is 4.02. The molecular formula is C24H22N6O4. The topological polar surface area (TPSA) is 130 Å². The van der Waals surface area contributed by atoms with Crippen molar-refractivity contribution in [2.75, 3.05) is 12.3 Å². The van der Waals surface area contributed by atoms with E-state index in [0.717, 1.165) is 10.8 Å². The Morgan fingerprint density at radius 3 is 2.82 bits per heavy atom. The molecule has 6 rings (SSSR count). The molecule has 0 amide bonds. The average Bonchev–Trinajstić information content (AvgIpc) is 3.48. The van der Waals surface area contributed by atoms with Crippen molar-refractivity contribution < 1.29 is 18.9 Å². The maximum absolute atomic E-state index is 9.12. The van der Waals surface area contributed by atoms with E-state index >= 15 is 0 Å². The smallest absolute Gasteiger partial charge is 0.164 e. The lowest BCUT2D eigenvalue weighted by molar-refractivity contribution is -0.198. The number of hydrogen-bond donors (Lipinski definition) is 1. The molecule has 0 aliphatic carbocycles. The van der Waals surface area contributed by atoms with Crippen LogP contribution in [0.15, 0.2) is 48.9 Å². The largest absolute Gasteiger partial charge is 0.491 e. The minimum absolute atomic E-state index is 0.247. The molecule has 10 nitrogen and oxygen atoms in total. The lowest BCUT2D eigenvalue weighted by Gasteiger charge is -2.25. The summed E-state index contributed by atoms with van der Waals surface area (Å²) in [4.78, 5) is 12.8. The fourth-order valence-electron chi connectivity index (χ4n) is 4.64. The van der Waals surface area contributed by atoms with E-state index < -0.39 is 12.0 Å². The zero-order valence-electron chi connectivity index (χ0n) is 18.6. The van der Waals surface area contributed by atoms with Gasteiger partial charge in [0.05, 0.1) is 10.9 Å². The van der Waals surface area contributed by atoms with Gasteiger partial charge in [0.1, 0.15) is 60.2 Å². The Morgan fingerprint density at radius 2 is 1.97 bits per heavy atom. The first-order valence-corrected chi connectivity index (χ1v) is 10.9. The van der Waals surface area contributed by atoms with Crippen molar-refractivity contribution in [3.8, 4) is 11.8 Å². The molecule has 0 radical (unpaired) electrons. The minimum Gasteiger partial charge on any atom is -0.491 e. The van der Waals surface area contributed by atoms with Crippen LogP contribution in [-0.4, -0.2) is 50.2 Å². The van der Waals surface area contributed by atoms with Gasteiger partial charge in [-0.3, -0.25) is 0 Å². The molecule has 34 heavy (non-hydrogen) atoms. The molecule has 4 atom stereocenters. The molecular weight excluding hydrogens is 436 g/mol. The average molecular weight is 458 g/mol. The van der Waals surface area contributed by atoms with Crippen LogP contribution in [-0.2, 0) is 14.2 Å². The molecule has 0 saturated carbocycles. The summed E-state index contributed by atoms with van der Waals surface area (Å²) < 4.78 is 26.8. The zero-order chi connectivity index (χ0) is 23.4. The summed E-state index contributed by atoms with van der Waals surface area (Å²) in [5.41, 5.74) is 7.73. The highest BCUT2D eigenvalue weighted by Gasteiger charge is 2.56. The van der Waals surface area contributed by atoms with E-state index in [1.54, 1.807) is 6.07 Å². The lowest BCUT2D eigenvalue weighted by atomic mass is 10.1. The SMILES string of the molecule is CC1(C)O[C@@H]2[C@H](O1)[C@@H](COc1ccc3ccc(C#N)nc3c1)O[C@H]2n1ccc2c(N)ncnc21. The molecule has 0 bridgehead atoms. The van der Waals surface area contributed by atoms with E-state index in [4.69, 9.17) is 29.9 Å². The number of ether oxygens (including phenoxy) is 4. The van der Waals surface area contributed by atoms with Crippen molar-refractivity contribution in [3.05, 3.63) is 54.6 Å². The number of nitriles is 1. The van der Waals surface area contributed by atoms with Gasteiger partial charge in [-0.15, -0.1) is 0 Å².